The van der Waals surface area contributed by atoms with E-state index in [1.54, 1.807) is 13.0 Å². The lowest BCUT2D eigenvalue weighted by molar-refractivity contribution is -0.0219. The van der Waals surface area contributed by atoms with Crippen molar-refractivity contribution in [2.75, 3.05) is 39.4 Å². The molecule has 0 amide bonds. The van der Waals surface area contributed by atoms with Gasteiger partial charge in [-0.25, -0.2) is 4.39 Å². The summed E-state index contributed by atoms with van der Waals surface area (Å²) in [5.41, 5.74) is -0.364. The summed E-state index contributed by atoms with van der Waals surface area (Å²) in [4.78, 5) is 2.17. The maximum absolute atomic E-state index is 13.6. The van der Waals surface area contributed by atoms with Crippen molar-refractivity contribution in [1.82, 2.24) is 10.2 Å². The molecule has 0 saturated carbocycles. The zero-order valence-electron chi connectivity index (χ0n) is 12.2. The normalized spacial score (nSPS) is 19.4. The van der Waals surface area contributed by atoms with Crippen LogP contribution in [0.5, 0.6) is 0 Å². The molecule has 1 fully saturated rings. The highest BCUT2D eigenvalue weighted by molar-refractivity contribution is 6.30. The summed E-state index contributed by atoms with van der Waals surface area (Å²) in [6.07, 6.45) is 0. The molecule has 1 aromatic rings. The summed E-state index contributed by atoms with van der Waals surface area (Å²) in [7, 11) is 0. The van der Waals surface area contributed by atoms with E-state index in [1.807, 2.05) is 0 Å². The molecule has 1 unspecified atom stereocenters. The van der Waals surface area contributed by atoms with Gasteiger partial charge < -0.3 is 15.2 Å². The lowest BCUT2D eigenvalue weighted by Gasteiger charge is -2.34. The number of nitrogens with zero attached hydrogens (tertiary/aromatic N) is 1. The zero-order valence-corrected chi connectivity index (χ0v) is 13.0. The zero-order chi connectivity index (χ0) is 15.3. The highest BCUT2D eigenvalue weighted by Gasteiger charge is 2.24. The van der Waals surface area contributed by atoms with Crippen LogP contribution in [0.4, 0.5) is 4.39 Å². The lowest BCUT2D eigenvalue weighted by atomic mass is 10.1. The Balaban J connectivity index is 1.79. The van der Waals surface area contributed by atoms with Crippen LogP contribution in [-0.4, -0.2) is 55.0 Å². The van der Waals surface area contributed by atoms with E-state index in [0.717, 1.165) is 13.1 Å². The smallest absolute Gasteiger partial charge is 0.127 e. The van der Waals surface area contributed by atoms with Gasteiger partial charge >= 0.3 is 0 Å². The molecule has 1 aliphatic heterocycles. The molecule has 0 aromatic heterocycles. The monoisotopic (exact) mass is 316 g/mol. The van der Waals surface area contributed by atoms with Gasteiger partial charge in [-0.3, -0.25) is 4.90 Å². The maximum atomic E-state index is 13.6. The lowest BCUT2D eigenvalue weighted by Crippen LogP contribution is -2.50. The van der Waals surface area contributed by atoms with E-state index < -0.39 is 5.60 Å². The van der Waals surface area contributed by atoms with E-state index in [4.69, 9.17) is 16.3 Å². The second-order valence-corrected chi connectivity index (χ2v) is 6.16. The molecule has 21 heavy (non-hydrogen) atoms. The van der Waals surface area contributed by atoms with E-state index in [-0.39, 0.29) is 5.82 Å². The van der Waals surface area contributed by atoms with Crippen molar-refractivity contribution in [3.63, 3.8) is 0 Å². The summed E-state index contributed by atoms with van der Waals surface area (Å²) >= 11 is 5.85. The third-order valence-corrected chi connectivity index (χ3v) is 3.73. The maximum Gasteiger partial charge on any atom is 0.127 e. The first-order chi connectivity index (χ1) is 9.96. The molecule has 1 atom stereocenters. The van der Waals surface area contributed by atoms with Crippen molar-refractivity contribution in [3.8, 4) is 0 Å². The molecule has 4 nitrogen and oxygen atoms in total. The summed E-state index contributed by atoms with van der Waals surface area (Å²) in [5.74, 6) is -0.292. The molecule has 1 aliphatic rings. The van der Waals surface area contributed by atoms with Gasteiger partial charge in [0.1, 0.15) is 5.82 Å². The number of ether oxygens (including phenoxy) is 1. The van der Waals surface area contributed by atoms with E-state index >= 15 is 0 Å². The molecule has 0 aliphatic carbocycles. The van der Waals surface area contributed by atoms with Gasteiger partial charge in [0.15, 0.2) is 0 Å². The molecule has 1 heterocycles. The van der Waals surface area contributed by atoms with Crippen LogP contribution in [0.1, 0.15) is 12.5 Å². The van der Waals surface area contributed by atoms with Crippen molar-refractivity contribution in [3.05, 3.63) is 34.6 Å². The Morgan fingerprint density at radius 3 is 2.86 bits per heavy atom. The van der Waals surface area contributed by atoms with Crippen molar-refractivity contribution >= 4 is 11.6 Å². The Morgan fingerprint density at radius 1 is 1.43 bits per heavy atom. The molecule has 1 saturated heterocycles. The van der Waals surface area contributed by atoms with Gasteiger partial charge in [0.05, 0.1) is 18.8 Å². The van der Waals surface area contributed by atoms with Crippen LogP contribution in [0.3, 0.4) is 0 Å². The Morgan fingerprint density at radius 2 is 2.14 bits per heavy atom. The molecule has 1 aromatic carbocycles. The van der Waals surface area contributed by atoms with E-state index in [9.17, 15) is 9.50 Å². The van der Waals surface area contributed by atoms with E-state index in [1.165, 1.54) is 12.1 Å². The van der Waals surface area contributed by atoms with E-state index in [0.29, 0.717) is 43.4 Å². The number of benzene rings is 1. The van der Waals surface area contributed by atoms with Crippen molar-refractivity contribution < 1.29 is 14.2 Å². The molecule has 2 N–H and O–H groups in total. The van der Waals surface area contributed by atoms with Gasteiger partial charge in [0.25, 0.3) is 0 Å². The summed E-state index contributed by atoms with van der Waals surface area (Å²) in [6, 6.07) is 4.47. The SMILES string of the molecule is CC(O)(CNCc1cc(Cl)ccc1F)CN1CCOCC1. The minimum Gasteiger partial charge on any atom is -0.388 e. The standard InChI is InChI=1S/C15H22ClFN2O2/c1-15(20,11-19-4-6-21-7-5-19)10-18-9-12-8-13(16)2-3-14(12)17/h2-3,8,18,20H,4-7,9-11H2,1H3. The third-order valence-electron chi connectivity index (χ3n) is 3.50. The second-order valence-electron chi connectivity index (χ2n) is 5.72. The quantitative estimate of drug-likeness (QED) is 0.838. The highest BCUT2D eigenvalue weighted by atomic mass is 35.5. The van der Waals surface area contributed by atoms with Crippen LogP contribution < -0.4 is 5.32 Å². The first-order valence-electron chi connectivity index (χ1n) is 7.13. The number of rotatable bonds is 6. The predicted octanol–water partition coefficient (Wildman–Crippen LogP) is 1.65. The molecule has 0 radical (unpaired) electrons. The summed E-state index contributed by atoms with van der Waals surface area (Å²) in [6.45, 7) is 6.15. The van der Waals surface area contributed by atoms with Crippen LogP contribution in [0.15, 0.2) is 18.2 Å². The van der Waals surface area contributed by atoms with Gasteiger partial charge in [-0.1, -0.05) is 11.6 Å². The first kappa shape index (κ1) is 16.6. The molecule has 118 valence electrons. The molecule has 2 rings (SSSR count). The number of nitrogens with one attached hydrogen (secondary N) is 1. The molecule has 0 spiro atoms. The first-order valence-corrected chi connectivity index (χ1v) is 7.51. The van der Waals surface area contributed by atoms with Crippen LogP contribution in [-0.2, 0) is 11.3 Å². The number of hydrogen-bond donors (Lipinski definition) is 2. The second kappa shape index (κ2) is 7.51. The fourth-order valence-electron chi connectivity index (χ4n) is 2.44. The topological polar surface area (TPSA) is 44.7 Å². The van der Waals surface area contributed by atoms with Gasteiger partial charge in [-0.15, -0.1) is 0 Å². The van der Waals surface area contributed by atoms with Crippen LogP contribution >= 0.6 is 11.6 Å². The third kappa shape index (κ3) is 5.52. The van der Waals surface area contributed by atoms with Gasteiger partial charge in [0, 0.05) is 43.3 Å². The highest BCUT2D eigenvalue weighted by Crippen LogP contribution is 2.15. The Bertz CT molecular complexity index is 465. The van der Waals surface area contributed by atoms with E-state index in [2.05, 4.69) is 10.2 Å². The number of halogens is 2. The minimum absolute atomic E-state index is 0.292. The predicted molar refractivity (Wildman–Crippen MR) is 81.0 cm³/mol. The van der Waals surface area contributed by atoms with Gasteiger partial charge in [-0.05, 0) is 25.1 Å². The molecular weight excluding hydrogens is 295 g/mol. The fraction of sp³-hybridized carbons (Fsp3) is 0.600. The average Bonchev–Trinajstić information content (AvgIpc) is 2.43. The largest absolute Gasteiger partial charge is 0.388 e. The van der Waals surface area contributed by atoms with Crippen LogP contribution in [0, 0.1) is 5.82 Å². The minimum atomic E-state index is -0.869. The summed E-state index contributed by atoms with van der Waals surface area (Å²) < 4.78 is 18.9. The van der Waals surface area contributed by atoms with Crippen molar-refractivity contribution in [2.45, 2.75) is 19.1 Å². The Hall–Kier alpha value is -0.720. The number of hydrogen-bond acceptors (Lipinski definition) is 4. The molecule has 6 heteroatoms. The fourth-order valence-corrected chi connectivity index (χ4v) is 2.64. The Kier molecular flexibility index (Phi) is 5.96. The van der Waals surface area contributed by atoms with Crippen LogP contribution in [0.25, 0.3) is 0 Å². The number of morpholine rings is 1. The van der Waals surface area contributed by atoms with Crippen LogP contribution in [0.2, 0.25) is 5.02 Å². The average molecular weight is 317 g/mol. The molecule has 0 bridgehead atoms. The van der Waals surface area contributed by atoms with Gasteiger partial charge in [0.2, 0.25) is 0 Å². The Labute approximate surface area is 129 Å². The molecular formula is C15H22ClFN2O2. The summed E-state index contributed by atoms with van der Waals surface area (Å²) in [5, 5.41) is 14.0. The van der Waals surface area contributed by atoms with Crippen molar-refractivity contribution in [2.24, 2.45) is 0 Å². The van der Waals surface area contributed by atoms with Crippen molar-refractivity contribution in [1.29, 1.82) is 0 Å². The van der Waals surface area contributed by atoms with Gasteiger partial charge in [-0.2, -0.15) is 0 Å². The number of β-amino-alcohol motifs (C(OH)–C–C–N with tert-alkyl or cyclic N) is 1. The number of aliphatic hydroxyl groups is 1.